The second-order valence-corrected chi connectivity index (χ2v) is 5.30. The van der Waals surface area contributed by atoms with Gasteiger partial charge in [-0.05, 0) is 12.1 Å². The average Bonchev–Trinajstić information content (AvgIpc) is 2.55. The third kappa shape index (κ3) is 4.38. The molecule has 6 nitrogen and oxygen atoms in total. The Bertz CT molecular complexity index is 525. The van der Waals surface area contributed by atoms with Gasteiger partial charge >= 0.3 is 0 Å². The summed E-state index contributed by atoms with van der Waals surface area (Å²) in [5, 5.41) is 3.22. The van der Waals surface area contributed by atoms with Crippen LogP contribution < -0.4 is 10.1 Å². The predicted octanol–water partition coefficient (Wildman–Crippen LogP) is 1.19. The number of nitrogens with zero attached hydrogens (tertiary/aromatic N) is 2. The number of rotatable bonds is 5. The number of anilines is 1. The van der Waals surface area contributed by atoms with Crippen molar-refractivity contribution in [2.75, 3.05) is 45.2 Å². The lowest BCUT2D eigenvalue weighted by molar-refractivity contribution is -0.138. The van der Waals surface area contributed by atoms with Gasteiger partial charge in [0, 0.05) is 57.8 Å². The maximum atomic E-state index is 12.1. The van der Waals surface area contributed by atoms with Gasteiger partial charge in [-0.3, -0.25) is 9.59 Å². The second-order valence-electron chi connectivity index (χ2n) is 5.30. The lowest BCUT2D eigenvalue weighted by Gasteiger charge is -2.34. The van der Waals surface area contributed by atoms with E-state index in [1.807, 2.05) is 29.2 Å². The summed E-state index contributed by atoms with van der Waals surface area (Å²) in [6.45, 7) is 4.65. The molecule has 22 heavy (non-hydrogen) atoms. The van der Waals surface area contributed by atoms with Gasteiger partial charge in [-0.15, -0.1) is 0 Å². The first-order valence-electron chi connectivity index (χ1n) is 7.51. The number of hydrogen-bond donors (Lipinski definition) is 1. The van der Waals surface area contributed by atoms with E-state index < -0.39 is 0 Å². The molecule has 1 heterocycles. The number of benzene rings is 1. The molecule has 1 aliphatic rings. The number of ether oxygens (including phenoxy) is 1. The Kier molecular flexibility index (Phi) is 5.63. The van der Waals surface area contributed by atoms with Gasteiger partial charge in [0.15, 0.2) is 0 Å². The van der Waals surface area contributed by atoms with Crippen LogP contribution in [0.5, 0.6) is 5.75 Å². The lowest BCUT2D eigenvalue weighted by atomic mass is 10.2. The summed E-state index contributed by atoms with van der Waals surface area (Å²) in [7, 11) is 1.63. The van der Waals surface area contributed by atoms with E-state index in [1.165, 1.54) is 0 Å². The molecule has 0 radical (unpaired) electrons. The maximum Gasteiger partial charge on any atom is 0.224 e. The molecule has 2 rings (SSSR count). The fourth-order valence-corrected chi connectivity index (χ4v) is 2.48. The smallest absolute Gasteiger partial charge is 0.224 e. The van der Waals surface area contributed by atoms with Crippen molar-refractivity contribution in [1.82, 2.24) is 9.80 Å². The molecule has 1 fully saturated rings. The Morgan fingerprint density at radius 2 is 1.86 bits per heavy atom. The number of carbonyl (C=O) groups excluding carboxylic acids is 2. The molecule has 0 atom stereocenters. The minimum atomic E-state index is 0.0757. The number of nitrogens with one attached hydrogen (secondary N) is 1. The van der Waals surface area contributed by atoms with Crippen molar-refractivity contribution in [1.29, 1.82) is 0 Å². The molecular weight excluding hydrogens is 282 g/mol. The van der Waals surface area contributed by atoms with Gasteiger partial charge in [-0.25, -0.2) is 0 Å². The normalized spacial score (nSPS) is 14.6. The van der Waals surface area contributed by atoms with Crippen LogP contribution >= 0.6 is 0 Å². The number of amides is 2. The Hall–Kier alpha value is -2.24. The number of hydrogen-bond acceptors (Lipinski definition) is 4. The fraction of sp³-hybridized carbons (Fsp3) is 0.500. The summed E-state index contributed by atoms with van der Waals surface area (Å²) in [6.07, 6.45) is 0.442. The summed E-state index contributed by atoms with van der Waals surface area (Å²) in [4.78, 5) is 27.0. The summed E-state index contributed by atoms with van der Waals surface area (Å²) >= 11 is 0. The van der Waals surface area contributed by atoms with Crippen LogP contribution in [0.3, 0.4) is 0 Å². The van der Waals surface area contributed by atoms with Crippen molar-refractivity contribution in [3.63, 3.8) is 0 Å². The van der Waals surface area contributed by atoms with Crippen LogP contribution in [0.1, 0.15) is 13.3 Å². The van der Waals surface area contributed by atoms with E-state index in [-0.39, 0.29) is 11.8 Å². The molecule has 0 aromatic heterocycles. The molecule has 0 saturated carbocycles. The zero-order valence-corrected chi connectivity index (χ0v) is 13.2. The van der Waals surface area contributed by atoms with E-state index in [4.69, 9.17) is 4.74 Å². The minimum absolute atomic E-state index is 0.0757. The summed E-state index contributed by atoms with van der Waals surface area (Å²) < 4.78 is 5.16. The highest BCUT2D eigenvalue weighted by atomic mass is 16.5. The Morgan fingerprint density at radius 1 is 1.18 bits per heavy atom. The third-order valence-corrected chi connectivity index (χ3v) is 3.82. The third-order valence-electron chi connectivity index (χ3n) is 3.82. The van der Waals surface area contributed by atoms with Crippen molar-refractivity contribution >= 4 is 17.5 Å². The average molecular weight is 305 g/mol. The second kappa shape index (κ2) is 7.68. The molecule has 1 aliphatic heterocycles. The maximum absolute atomic E-state index is 12.1. The summed E-state index contributed by atoms with van der Waals surface area (Å²) in [6, 6.07) is 7.63. The van der Waals surface area contributed by atoms with Gasteiger partial charge in [0.25, 0.3) is 0 Å². The van der Waals surface area contributed by atoms with Gasteiger partial charge < -0.3 is 19.9 Å². The van der Waals surface area contributed by atoms with Crippen LogP contribution in [0.15, 0.2) is 24.3 Å². The van der Waals surface area contributed by atoms with E-state index in [1.54, 1.807) is 18.9 Å². The highest BCUT2D eigenvalue weighted by Crippen LogP contribution is 2.16. The molecule has 6 heteroatoms. The highest BCUT2D eigenvalue weighted by Gasteiger charge is 2.21. The van der Waals surface area contributed by atoms with Crippen molar-refractivity contribution in [2.24, 2.45) is 0 Å². The molecule has 120 valence electrons. The molecule has 0 unspecified atom stereocenters. The van der Waals surface area contributed by atoms with Crippen LogP contribution in [-0.2, 0) is 9.59 Å². The van der Waals surface area contributed by atoms with E-state index in [2.05, 4.69) is 5.32 Å². The molecule has 0 bridgehead atoms. The van der Waals surface area contributed by atoms with Gasteiger partial charge in [-0.2, -0.15) is 0 Å². The molecular formula is C16H23N3O3. The standard InChI is InChI=1S/C16H23N3O3/c1-13(20)18-8-10-19(11-9-18)16(21)6-7-17-14-4-3-5-15(12-14)22-2/h3-5,12,17H,6-11H2,1-2H3. The molecule has 1 aromatic rings. The van der Waals surface area contributed by atoms with Crippen LogP contribution in [0.25, 0.3) is 0 Å². The van der Waals surface area contributed by atoms with Crippen molar-refractivity contribution in [3.05, 3.63) is 24.3 Å². The van der Waals surface area contributed by atoms with Gasteiger partial charge in [0.1, 0.15) is 5.75 Å². The number of piperazine rings is 1. The van der Waals surface area contributed by atoms with E-state index in [0.29, 0.717) is 39.1 Å². The highest BCUT2D eigenvalue weighted by molar-refractivity contribution is 5.78. The predicted molar refractivity (Wildman–Crippen MR) is 84.9 cm³/mol. The number of carbonyl (C=O) groups is 2. The molecule has 1 saturated heterocycles. The molecule has 1 N–H and O–H groups in total. The van der Waals surface area contributed by atoms with Gasteiger partial charge in [0.2, 0.25) is 11.8 Å². The molecule has 1 aromatic carbocycles. The fourth-order valence-electron chi connectivity index (χ4n) is 2.48. The van der Waals surface area contributed by atoms with Crippen LogP contribution in [-0.4, -0.2) is 61.4 Å². The monoisotopic (exact) mass is 305 g/mol. The van der Waals surface area contributed by atoms with Gasteiger partial charge in [0.05, 0.1) is 7.11 Å². The van der Waals surface area contributed by atoms with Crippen LogP contribution in [0.2, 0.25) is 0 Å². The van der Waals surface area contributed by atoms with E-state index in [0.717, 1.165) is 11.4 Å². The largest absolute Gasteiger partial charge is 0.497 e. The zero-order chi connectivity index (χ0) is 15.9. The van der Waals surface area contributed by atoms with Crippen molar-refractivity contribution in [2.45, 2.75) is 13.3 Å². The topological polar surface area (TPSA) is 61.9 Å². The first kappa shape index (κ1) is 16.1. The number of methoxy groups -OCH3 is 1. The molecule has 0 aliphatic carbocycles. The van der Waals surface area contributed by atoms with Gasteiger partial charge in [-0.1, -0.05) is 6.07 Å². The van der Waals surface area contributed by atoms with Crippen LogP contribution in [0, 0.1) is 0 Å². The first-order chi connectivity index (χ1) is 10.6. The van der Waals surface area contributed by atoms with E-state index >= 15 is 0 Å². The minimum Gasteiger partial charge on any atom is -0.497 e. The van der Waals surface area contributed by atoms with Crippen molar-refractivity contribution in [3.8, 4) is 5.75 Å². The first-order valence-corrected chi connectivity index (χ1v) is 7.51. The Labute approximate surface area is 131 Å². The summed E-state index contributed by atoms with van der Waals surface area (Å²) in [5.41, 5.74) is 0.938. The SMILES string of the molecule is COc1cccc(NCCC(=O)N2CCN(C(C)=O)CC2)c1. The molecule has 2 amide bonds. The quantitative estimate of drug-likeness (QED) is 0.887. The van der Waals surface area contributed by atoms with Crippen LogP contribution in [0.4, 0.5) is 5.69 Å². The Morgan fingerprint density at radius 3 is 2.50 bits per heavy atom. The summed E-state index contributed by atoms with van der Waals surface area (Å²) in [5.74, 6) is 0.988. The van der Waals surface area contributed by atoms with Crippen molar-refractivity contribution < 1.29 is 14.3 Å². The van der Waals surface area contributed by atoms with E-state index in [9.17, 15) is 9.59 Å². The Balaban J connectivity index is 1.73. The lowest BCUT2D eigenvalue weighted by Crippen LogP contribution is -2.50. The zero-order valence-electron chi connectivity index (χ0n) is 13.2. The molecule has 0 spiro atoms.